The summed E-state index contributed by atoms with van der Waals surface area (Å²) in [5, 5.41) is 8.31. The maximum atomic E-state index is 6.33. The fourth-order valence-electron chi connectivity index (χ4n) is 3.66. The van der Waals surface area contributed by atoms with Crippen LogP contribution in [0.3, 0.4) is 0 Å². The number of nitrogens with zero attached hydrogens (tertiary/aromatic N) is 4. The van der Waals surface area contributed by atoms with Crippen LogP contribution in [-0.2, 0) is 13.6 Å². The van der Waals surface area contributed by atoms with E-state index in [2.05, 4.69) is 26.5 Å². The van der Waals surface area contributed by atoms with Crippen LogP contribution in [-0.4, -0.2) is 54.0 Å². The second-order valence-electron chi connectivity index (χ2n) is 6.88. The predicted molar refractivity (Wildman–Crippen MR) is 105 cm³/mol. The average Bonchev–Trinajstić information content (AvgIpc) is 3.32. The van der Waals surface area contributed by atoms with Gasteiger partial charge in [-0.05, 0) is 29.7 Å². The number of hydrogen-bond donors (Lipinski definition) is 1. The van der Waals surface area contributed by atoms with Gasteiger partial charge in [-0.15, -0.1) is 0 Å². The van der Waals surface area contributed by atoms with Gasteiger partial charge in [-0.1, -0.05) is 11.6 Å². The second kappa shape index (κ2) is 7.68. The Morgan fingerprint density at radius 3 is 3.00 bits per heavy atom. The lowest BCUT2D eigenvalue weighted by atomic mass is 10.0. The number of likely N-dealkylation sites (tertiary alicyclic amines) is 1. The molecule has 0 radical (unpaired) electrons. The summed E-state index contributed by atoms with van der Waals surface area (Å²) in [5.41, 5.74) is 2.32. The molecule has 144 valence electrons. The van der Waals surface area contributed by atoms with Gasteiger partial charge in [-0.3, -0.25) is 9.67 Å². The number of guanidine groups is 1. The largest absolute Gasteiger partial charge is 0.486 e. The third-order valence-electron chi connectivity index (χ3n) is 5.00. The molecule has 27 heavy (non-hydrogen) atoms. The minimum atomic E-state index is 0.487. The van der Waals surface area contributed by atoms with Crippen LogP contribution in [0.2, 0.25) is 5.02 Å². The smallest absolute Gasteiger partial charge is 0.193 e. The standard InChI is InChI=1S/C19H24ClN5O2/c1-21-19(25-4-3-14(12-25)15-10-23-24(2)11-15)22-9-13-7-16(20)18-17(8-13)26-5-6-27-18/h7-8,10-11,14H,3-6,9,12H2,1-2H3,(H,21,22). The van der Waals surface area contributed by atoms with Gasteiger partial charge in [0.2, 0.25) is 0 Å². The molecule has 7 nitrogen and oxygen atoms in total. The number of fused-ring (bicyclic) bond motifs is 1. The Morgan fingerprint density at radius 1 is 1.37 bits per heavy atom. The van der Waals surface area contributed by atoms with E-state index in [1.165, 1.54) is 5.56 Å². The number of hydrogen-bond acceptors (Lipinski definition) is 4. The third-order valence-corrected chi connectivity index (χ3v) is 5.28. The first-order valence-corrected chi connectivity index (χ1v) is 9.54. The summed E-state index contributed by atoms with van der Waals surface area (Å²) < 4.78 is 13.1. The molecule has 2 aliphatic heterocycles. The number of aryl methyl sites for hydroxylation is 1. The van der Waals surface area contributed by atoms with Crippen LogP contribution in [0.25, 0.3) is 0 Å². The highest BCUT2D eigenvalue weighted by Gasteiger charge is 2.27. The van der Waals surface area contributed by atoms with E-state index in [1.807, 2.05) is 37.1 Å². The van der Waals surface area contributed by atoms with E-state index in [0.717, 1.165) is 31.0 Å². The summed E-state index contributed by atoms with van der Waals surface area (Å²) in [6.07, 6.45) is 5.16. The molecule has 1 unspecified atom stereocenters. The molecule has 1 atom stereocenters. The van der Waals surface area contributed by atoms with Crippen molar-refractivity contribution in [1.29, 1.82) is 0 Å². The van der Waals surface area contributed by atoms with E-state index < -0.39 is 0 Å². The van der Waals surface area contributed by atoms with Crippen molar-refractivity contribution in [3.63, 3.8) is 0 Å². The highest BCUT2D eigenvalue weighted by Crippen LogP contribution is 2.38. The molecule has 3 heterocycles. The SMILES string of the molecule is CN=C(NCc1cc(Cl)c2c(c1)OCCO2)N1CCC(c2cnn(C)c2)C1. The summed E-state index contributed by atoms with van der Waals surface area (Å²) in [6.45, 7) is 3.61. The van der Waals surface area contributed by atoms with Gasteiger partial charge in [-0.2, -0.15) is 5.10 Å². The van der Waals surface area contributed by atoms with Gasteiger partial charge >= 0.3 is 0 Å². The van der Waals surface area contributed by atoms with Crippen LogP contribution in [0.4, 0.5) is 0 Å². The fourth-order valence-corrected chi connectivity index (χ4v) is 3.94. The van der Waals surface area contributed by atoms with E-state index in [1.54, 1.807) is 0 Å². The topological polar surface area (TPSA) is 63.9 Å². The number of ether oxygens (including phenoxy) is 2. The quantitative estimate of drug-likeness (QED) is 0.645. The van der Waals surface area contributed by atoms with Crippen molar-refractivity contribution in [2.45, 2.75) is 18.9 Å². The normalized spacial score (nSPS) is 19.4. The lowest BCUT2D eigenvalue weighted by Gasteiger charge is -2.23. The second-order valence-corrected chi connectivity index (χ2v) is 7.29. The monoisotopic (exact) mass is 389 g/mol. The maximum Gasteiger partial charge on any atom is 0.193 e. The van der Waals surface area contributed by atoms with Gasteiger partial charge in [0.15, 0.2) is 17.5 Å². The molecule has 2 aromatic rings. The van der Waals surface area contributed by atoms with Crippen LogP contribution in [0.15, 0.2) is 29.5 Å². The van der Waals surface area contributed by atoms with Crippen molar-refractivity contribution in [1.82, 2.24) is 20.0 Å². The first-order chi connectivity index (χ1) is 13.1. The van der Waals surface area contributed by atoms with Crippen LogP contribution < -0.4 is 14.8 Å². The first-order valence-electron chi connectivity index (χ1n) is 9.16. The molecule has 0 bridgehead atoms. The molecule has 8 heteroatoms. The van der Waals surface area contributed by atoms with Crippen LogP contribution >= 0.6 is 11.6 Å². The number of benzene rings is 1. The zero-order valence-corrected chi connectivity index (χ0v) is 16.4. The van der Waals surface area contributed by atoms with Crippen LogP contribution in [0.5, 0.6) is 11.5 Å². The van der Waals surface area contributed by atoms with E-state index in [0.29, 0.717) is 42.2 Å². The molecule has 1 N–H and O–H groups in total. The van der Waals surface area contributed by atoms with Crippen LogP contribution in [0.1, 0.15) is 23.5 Å². The number of rotatable bonds is 3. The zero-order valence-electron chi connectivity index (χ0n) is 15.6. The molecule has 2 aliphatic rings. The van der Waals surface area contributed by atoms with E-state index in [4.69, 9.17) is 21.1 Å². The lowest BCUT2D eigenvalue weighted by molar-refractivity contribution is 0.171. The highest BCUT2D eigenvalue weighted by molar-refractivity contribution is 6.32. The van der Waals surface area contributed by atoms with Crippen molar-refractivity contribution in [2.24, 2.45) is 12.0 Å². The summed E-state index contributed by atoms with van der Waals surface area (Å²) in [6, 6.07) is 3.89. The van der Waals surface area contributed by atoms with Crippen LogP contribution in [0, 0.1) is 0 Å². The molecule has 0 saturated carbocycles. The van der Waals surface area contributed by atoms with Gasteiger partial charge in [0.25, 0.3) is 0 Å². The zero-order chi connectivity index (χ0) is 18.8. The Bertz CT molecular complexity index is 851. The minimum absolute atomic E-state index is 0.487. The highest BCUT2D eigenvalue weighted by atomic mass is 35.5. The van der Waals surface area contributed by atoms with Crippen molar-refractivity contribution >= 4 is 17.6 Å². The summed E-state index contributed by atoms with van der Waals surface area (Å²) in [5.74, 6) is 2.72. The van der Waals surface area contributed by atoms with Crippen molar-refractivity contribution in [3.8, 4) is 11.5 Å². The van der Waals surface area contributed by atoms with Gasteiger partial charge in [0, 0.05) is 45.8 Å². The first kappa shape index (κ1) is 18.0. The molecular weight excluding hydrogens is 366 g/mol. The van der Waals surface area contributed by atoms with Gasteiger partial charge in [-0.25, -0.2) is 0 Å². The third kappa shape index (κ3) is 3.83. The summed E-state index contributed by atoms with van der Waals surface area (Å²) in [7, 11) is 3.77. The van der Waals surface area contributed by atoms with Crippen molar-refractivity contribution in [3.05, 3.63) is 40.7 Å². The molecule has 1 aromatic carbocycles. The summed E-state index contributed by atoms with van der Waals surface area (Å²) in [4.78, 5) is 6.74. The molecule has 1 aromatic heterocycles. The molecular formula is C19H24ClN5O2. The lowest BCUT2D eigenvalue weighted by Crippen LogP contribution is -2.39. The Kier molecular flexibility index (Phi) is 5.11. The molecule has 0 spiro atoms. The van der Waals surface area contributed by atoms with Crippen molar-refractivity contribution in [2.75, 3.05) is 33.4 Å². The summed E-state index contributed by atoms with van der Waals surface area (Å²) >= 11 is 6.33. The van der Waals surface area contributed by atoms with E-state index >= 15 is 0 Å². The molecule has 1 fully saturated rings. The van der Waals surface area contributed by atoms with Gasteiger partial charge < -0.3 is 19.7 Å². The Labute approximate surface area is 163 Å². The Morgan fingerprint density at radius 2 is 2.22 bits per heavy atom. The average molecular weight is 390 g/mol. The van der Waals surface area contributed by atoms with Crippen molar-refractivity contribution < 1.29 is 9.47 Å². The maximum absolute atomic E-state index is 6.33. The number of nitrogens with one attached hydrogen (secondary N) is 1. The number of halogens is 1. The molecule has 4 rings (SSSR count). The van der Waals surface area contributed by atoms with Gasteiger partial charge in [0.05, 0.1) is 11.2 Å². The van der Waals surface area contributed by atoms with E-state index in [-0.39, 0.29) is 0 Å². The Balaban J connectivity index is 1.39. The molecule has 0 amide bonds. The fraction of sp³-hybridized carbons (Fsp3) is 0.474. The predicted octanol–water partition coefficient (Wildman–Crippen LogP) is 2.41. The van der Waals surface area contributed by atoms with Gasteiger partial charge in [0.1, 0.15) is 13.2 Å². The van der Waals surface area contributed by atoms with E-state index in [9.17, 15) is 0 Å². The number of aromatic nitrogens is 2. The Hall–Kier alpha value is -2.41. The molecule has 1 saturated heterocycles. The number of aliphatic imine (C=N–C) groups is 1. The minimum Gasteiger partial charge on any atom is -0.486 e. The molecule has 0 aliphatic carbocycles.